The smallest absolute Gasteiger partial charge is 0.0771 e. The molecule has 1 fully saturated rings. The summed E-state index contributed by atoms with van der Waals surface area (Å²) in [6.45, 7) is 11.0. The van der Waals surface area contributed by atoms with Gasteiger partial charge in [0.05, 0.1) is 17.4 Å². The van der Waals surface area contributed by atoms with Crippen LogP contribution in [0.4, 0.5) is 0 Å². The van der Waals surface area contributed by atoms with Crippen molar-refractivity contribution in [3.63, 3.8) is 0 Å². The van der Waals surface area contributed by atoms with Crippen LogP contribution >= 0.6 is 0 Å². The standard InChI is InChI=1S/C13H22N4/c1-13(2,3)12-10-4-5-14-8-11(10)17(16-12)9-6-15-7-9/h9,14-15H,4-8H2,1-3H3. The van der Waals surface area contributed by atoms with E-state index in [1.165, 1.54) is 17.0 Å². The normalized spacial score (nSPS) is 21.1. The average molecular weight is 234 g/mol. The van der Waals surface area contributed by atoms with Crippen molar-refractivity contribution in [3.8, 4) is 0 Å². The largest absolute Gasteiger partial charge is 0.312 e. The minimum absolute atomic E-state index is 0.157. The molecular weight excluding hydrogens is 212 g/mol. The zero-order valence-corrected chi connectivity index (χ0v) is 11.0. The lowest BCUT2D eigenvalue weighted by atomic mass is 9.87. The summed E-state index contributed by atoms with van der Waals surface area (Å²) in [5.41, 5.74) is 4.39. The quantitative estimate of drug-likeness (QED) is 0.761. The van der Waals surface area contributed by atoms with E-state index in [9.17, 15) is 0 Å². The van der Waals surface area contributed by atoms with Gasteiger partial charge in [0, 0.05) is 25.0 Å². The lowest BCUT2D eigenvalue weighted by Gasteiger charge is -2.30. The topological polar surface area (TPSA) is 41.9 Å². The summed E-state index contributed by atoms with van der Waals surface area (Å²) in [4.78, 5) is 0. The maximum Gasteiger partial charge on any atom is 0.0771 e. The molecule has 0 aromatic carbocycles. The molecule has 0 saturated carbocycles. The Morgan fingerprint density at radius 3 is 2.59 bits per heavy atom. The molecule has 4 heteroatoms. The fraction of sp³-hybridized carbons (Fsp3) is 0.769. The third kappa shape index (κ3) is 1.79. The molecule has 2 aliphatic rings. The van der Waals surface area contributed by atoms with Crippen molar-refractivity contribution in [3.05, 3.63) is 17.0 Å². The van der Waals surface area contributed by atoms with E-state index >= 15 is 0 Å². The van der Waals surface area contributed by atoms with E-state index in [0.29, 0.717) is 6.04 Å². The van der Waals surface area contributed by atoms with E-state index in [-0.39, 0.29) is 5.41 Å². The van der Waals surface area contributed by atoms with Crippen LogP contribution in [0.15, 0.2) is 0 Å². The first-order valence-electron chi connectivity index (χ1n) is 6.59. The summed E-state index contributed by atoms with van der Waals surface area (Å²) in [7, 11) is 0. The molecule has 17 heavy (non-hydrogen) atoms. The van der Waals surface area contributed by atoms with Crippen LogP contribution in [-0.2, 0) is 18.4 Å². The molecule has 0 aliphatic carbocycles. The van der Waals surface area contributed by atoms with Crippen molar-refractivity contribution in [2.24, 2.45) is 0 Å². The second-order valence-electron chi connectivity index (χ2n) is 6.21. The highest BCUT2D eigenvalue weighted by Gasteiger charge is 2.31. The van der Waals surface area contributed by atoms with Gasteiger partial charge in [-0.1, -0.05) is 20.8 Å². The van der Waals surface area contributed by atoms with E-state index in [2.05, 4.69) is 36.1 Å². The first kappa shape index (κ1) is 11.2. The Balaban J connectivity index is 2.07. The monoisotopic (exact) mass is 234 g/mol. The number of fused-ring (bicyclic) bond motifs is 1. The van der Waals surface area contributed by atoms with Crippen molar-refractivity contribution in [2.45, 2.75) is 45.2 Å². The molecule has 3 heterocycles. The predicted octanol–water partition coefficient (Wildman–Crippen LogP) is 0.971. The predicted molar refractivity (Wildman–Crippen MR) is 68.2 cm³/mol. The van der Waals surface area contributed by atoms with Crippen LogP contribution in [0.1, 0.15) is 43.8 Å². The molecule has 1 aromatic rings. The number of hydrogen-bond acceptors (Lipinski definition) is 3. The molecule has 94 valence electrons. The Morgan fingerprint density at radius 2 is 2.00 bits per heavy atom. The molecule has 3 rings (SSSR count). The summed E-state index contributed by atoms with van der Waals surface area (Å²) in [6.07, 6.45) is 1.13. The van der Waals surface area contributed by atoms with Gasteiger partial charge in [0.1, 0.15) is 0 Å². The van der Waals surface area contributed by atoms with Gasteiger partial charge in [0.25, 0.3) is 0 Å². The van der Waals surface area contributed by atoms with Gasteiger partial charge in [-0.3, -0.25) is 4.68 Å². The van der Waals surface area contributed by atoms with Crippen LogP contribution in [0.2, 0.25) is 0 Å². The lowest BCUT2D eigenvalue weighted by Crippen LogP contribution is -2.45. The van der Waals surface area contributed by atoms with Crippen molar-refractivity contribution in [2.75, 3.05) is 19.6 Å². The minimum atomic E-state index is 0.157. The lowest BCUT2D eigenvalue weighted by molar-refractivity contribution is 0.304. The maximum absolute atomic E-state index is 4.92. The first-order chi connectivity index (χ1) is 8.07. The van der Waals surface area contributed by atoms with Crippen molar-refractivity contribution >= 4 is 0 Å². The van der Waals surface area contributed by atoms with Crippen molar-refractivity contribution < 1.29 is 0 Å². The van der Waals surface area contributed by atoms with Gasteiger partial charge in [-0.15, -0.1) is 0 Å². The van der Waals surface area contributed by atoms with E-state index in [0.717, 1.165) is 32.6 Å². The Kier molecular flexibility index (Phi) is 2.52. The number of nitrogens with zero attached hydrogens (tertiary/aromatic N) is 2. The average Bonchev–Trinajstić information content (AvgIpc) is 2.55. The Labute approximate surface area is 103 Å². The summed E-state index contributed by atoms with van der Waals surface area (Å²) in [6, 6.07) is 0.569. The third-order valence-corrected chi connectivity index (χ3v) is 3.78. The summed E-state index contributed by atoms with van der Waals surface area (Å²) in [5, 5.41) is 11.7. The molecule has 1 aromatic heterocycles. The van der Waals surface area contributed by atoms with E-state index in [1.807, 2.05) is 0 Å². The Bertz CT molecular complexity index is 423. The van der Waals surface area contributed by atoms with Crippen molar-refractivity contribution in [1.29, 1.82) is 0 Å². The summed E-state index contributed by atoms with van der Waals surface area (Å²) in [5.74, 6) is 0. The zero-order valence-electron chi connectivity index (χ0n) is 11.0. The van der Waals surface area contributed by atoms with Crippen LogP contribution in [0.5, 0.6) is 0 Å². The molecule has 2 aliphatic heterocycles. The highest BCUT2D eigenvalue weighted by molar-refractivity contribution is 5.33. The van der Waals surface area contributed by atoms with Crippen molar-refractivity contribution in [1.82, 2.24) is 20.4 Å². The van der Waals surface area contributed by atoms with Crippen LogP contribution in [0.25, 0.3) is 0 Å². The van der Waals surface area contributed by atoms with Gasteiger partial charge in [-0.2, -0.15) is 5.10 Å². The fourth-order valence-corrected chi connectivity index (χ4v) is 2.73. The van der Waals surface area contributed by atoms with Gasteiger partial charge >= 0.3 is 0 Å². The minimum Gasteiger partial charge on any atom is -0.312 e. The van der Waals surface area contributed by atoms with Gasteiger partial charge in [0.15, 0.2) is 0 Å². The highest BCUT2D eigenvalue weighted by atomic mass is 15.4. The van der Waals surface area contributed by atoms with Crippen LogP contribution < -0.4 is 10.6 Å². The second kappa shape index (κ2) is 3.82. The number of hydrogen-bond donors (Lipinski definition) is 2. The van der Waals surface area contributed by atoms with E-state index < -0.39 is 0 Å². The second-order valence-corrected chi connectivity index (χ2v) is 6.21. The third-order valence-electron chi connectivity index (χ3n) is 3.78. The van der Waals surface area contributed by atoms with Crippen LogP contribution in [0.3, 0.4) is 0 Å². The van der Waals surface area contributed by atoms with Gasteiger partial charge in [-0.05, 0) is 18.5 Å². The molecule has 0 unspecified atom stereocenters. The van der Waals surface area contributed by atoms with Gasteiger partial charge < -0.3 is 10.6 Å². The summed E-state index contributed by atoms with van der Waals surface area (Å²) < 4.78 is 2.28. The van der Waals surface area contributed by atoms with E-state index in [4.69, 9.17) is 5.10 Å². The summed E-state index contributed by atoms with van der Waals surface area (Å²) >= 11 is 0. The van der Waals surface area contributed by atoms with Gasteiger partial charge in [0.2, 0.25) is 0 Å². The molecule has 0 bridgehead atoms. The molecule has 4 nitrogen and oxygen atoms in total. The van der Waals surface area contributed by atoms with Crippen LogP contribution in [-0.4, -0.2) is 29.4 Å². The number of nitrogens with one attached hydrogen (secondary N) is 2. The maximum atomic E-state index is 4.92. The molecule has 2 N–H and O–H groups in total. The molecule has 1 saturated heterocycles. The molecule has 0 radical (unpaired) electrons. The molecular formula is C13H22N4. The molecule has 0 amide bonds. The van der Waals surface area contributed by atoms with E-state index in [1.54, 1.807) is 0 Å². The first-order valence-corrected chi connectivity index (χ1v) is 6.59. The number of aromatic nitrogens is 2. The fourth-order valence-electron chi connectivity index (χ4n) is 2.73. The Hall–Kier alpha value is -0.870. The highest BCUT2D eigenvalue weighted by Crippen LogP contribution is 2.31. The molecule has 0 spiro atoms. The zero-order chi connectivity index (χ0) is 12.0. The Morgan fingerprint density at radius 1 is 1.24 bits per heavy atom. The van der Waals surface area contributed by atoms with Gasteiger partial charge in [-0.25, -0.2) is 0 Å². The molecule has 0 atom stereocenters. The number of rotatable bonds is 1. The SMILES string of the molecule is CC(C)(C)c1nn(C2CNC2)c2c1CCNC2. The van der Waals surface area contributed by atoms with Crippen LogP contribution in [0, 0.1) is 0 Å².